The molecule has 0 aliphatic heterocycles. The summed E-state index contributed by atoms with van der Waals surface area (Å²) in [6.45, 7) is 0. The molecule has 0 atom stereocenters. The molecule has 6 nitrogen and oxygen atoms in total. The number of nitrogens with one attached hydrogen (secondary N) is 1. The third kappa shape index (κ3) is 2.04. The van der Waals surface area contributed by atoms with Crippen LogP contribution in [0.1, 0.15) is 5.69 Å². The van der Waals surface area contributed by atoms with Gasteiger partial charge in [0.05, 0.1) is 0 Å². The number of anilines is 1. The highest BCUT2D eigenvalue weighted by Crippen LogP contribution is 2.26. The fraction of sp³-hybridized carbons (Fsp3) is 0.200. The van der Waals surface area contributed by atoms with Crippen molar-refractivity contribution in [3.8, 4) is 0 Å². The van der Waals surface area contributed by atoms with E-state index in [0.29, 0.717) is 0 Å². The molecule has 0 fully saturated rings. The average Bonchev–Trinajstić information content (AvgIpc) is 3.02. The molecule has 0 aliphatic carbocycles. The molecule has 0 unspecified atom stereocenters. The molecule has 92 valence electrons. The molecule has 0 aliphatic rings. The van der Waals surface area contributed by atoms with Gasteiger partial charge in [0.25, 0.3) is 0 Å². The quantitative estimate of drug-likeness (QED) is 0.735. The van der Waals surface area contributed by atoms with Crippen LogP contribution in [0.3, 0.4) is 0 Å². The van der Waals surface area contributed by atoms with Gasteiger partial charge in [-0.3, -0.25) is 4.40 Å². The zero-order valence-electron chi connectivity index (χ0n) is 9.57. The Morgan fingerprint density at radius 1 is 1.33 bits per heavy atom. The van der Waals surface area contributed by atoms with Crippen LogP contribution in [0.15, 0.2) is 29.6 Å². The van der Waals surface area contributed by atoms with Crippen LogP contribution in [0, 0.1) is 0 Å². The predicted octanol–water partition coefficient (Wildman–Crippen LogP) is 1.91. The van der Waals surface area contributed by atoms with Gasteiger partial charge < -0.3 is 5.32 Å². The van der Waals surface area contributed by atoms with E-state index >= 15 is 0 Å². The molecule has 0 saturated carbocycles. The van der Waals surface area contributed by atoms with Gasteiger partial charge in [-0.15, -0.1) is 15.3 Å². The first-order valence-electron chi connectivity index (χ1n) is 5.30. The second kappa shape index (κ2) is 4.91. The molecular formula is C10H10N6S2. The number of fused-ring (bicyclic) bond motifs is 1. The lowest BCUT2D eigenvalue weighted by Gasteiger charge is -1.99. The molecule has 0 amide bonds. The summed E-state index contributed by atoms with van der Waals surface area (Å²) in [6.07, 6.45) is 1.95. The molecule has 3 aromatic heterocycles. The van der Waals surface area contributed by atoms with Crippen molar-refractivity contribution >= 4 is 33.9 Å². The number of thioether (sulfide) groups is 1. The summed E-state index contributed by atoms with van der Waals surface area (Å²) >= 11 is 2.96. The molecule has 18 heavy (non-hydrogen) atoms. The Hall–Kier alpha value is -1.67. The molecule has 3 heterocycles. The van der Waals surface area contributed by atoms with Gasteiger partial charge in [0.15, 0.2) is 10.8 Å². The monoisotopic (exact) mass is 278 g/mol. The minimum atomic E-state index is 0.725. The maximum atomic E-state index is 4.16. The maximum Gasteiger partial charge on any atom is 0.195 e. The average molecular weight is 278 g/mol. The molecule has 0 aromatic carbocycles. The molecule has 0 spiro atoms. The van der Waals surface area contributed by atoms with E-state index in [4.69, 9.17) is 0 Å². The summed E-state index contributed by atoms with van der Waals surface area (Å²) in [5.74, 6) is 0.725. The Labute approximate surface area is 112 Å². The van der Waals surface area contributed by atoms with Gasteiger partial charge in [-0.2, -0.15) is 0 Å². The predicted molar refractivity (Wildman–Crippen MR) is 72.0 cm³/mol. The van der Waals surface area contributed by atoms with Gasteiger partial charge in [-0.1, -0.05) is 22.3 Å². The Balaban J connectivity index is 1.81. The fourth-order valence-corrected chi connectivity index (χ4v) is 3.03. The fourth-order valence-electron chi connectivity index (χ4n) is 1.54. The van der Waals surface area contributed by atoms with Gasteiger partial charge in [-0.25, -0.2) is 0 Å². The molecule has 0 saturated heterocycles. The van der Waals surface area contributed by atoms with E-state index in [1.165, 1.54) is 11.5 Å². The highest BCUT2D eigenvalue weighted by molar-refractivity contribution is 7.98. The van der Waals surface area contributed by atoms with Gasteiger partial charge >= 0.3 is 0 Å². The Kier molecular flexibility index (Phi) is 3.11. The molecule has 3 rings (SSSR count). The van der Waals surface area contributed by atoms with Crippen LogP contribution in [0.2, 0.25) is 0 Å². The molecule has 0 bridgehead atoms. The van der Waals surface area contributed by atoms with Crippen molar-refractivity contribution in [1.82, 2.24) is 24.2 Å². The minimum absolute atomic E-state index is 0.725. The zero-order valence-corrected chi connectivity index (χ0v) is 11.2. The minimum Gasteiger partial charge on any atom is -0.377 e. The normalized spacial score (nSPS) is 10.9. The number of nitrogens with zero attached hydrogens (tertiary/aromatic N) is 5. The second-order valence-electron chi connectivity index (χ2n) is 3.50. The lowest BCUT2D eigenvalue weighted by atomic mass is 10.5. The molecule has 0 radical (unpaired) electrons. The molecular weight excluding hydrogens is 268 g/mol. The van der Waals surface area contributed by atoms with Crippen LogP contribution in [-0.4, -0.2) is 31.2 Å². The van der Waals surface area contributed by atoms with Gasteiger partial charge in [0.2, 0.25) is 0 Å². The first-order valence-corrected chi connectivity index (χ1v) is 7.06. The van der Waals surface area contributed by atoms with Crippen LogP contribution in [0.4, 0.5) is 5.00 Å². The summed E-state index contributed by atoms with van der Waals surface area (Å²) in [7, 11) is 1.87. The summed E-state index contributed by atoms with van der Waals surface area (Å²) < 4.78 is 5.89. The summed E-state index contributed by atoms with van der Waals surface area (Å²) in [5, 5.41) is 17.3. The first kappa shape index (κ1) is 11.4. The van der Waals surface area contributed by atoms with Crippen molar-refractivity contribution in [3.63, 3.8) is 0 Å². The van der Waals surface area contributed by atoms with Crippen molar-refractivity contribution in [2.45, 2.75) is 10.9 Å². The van der Waals surface area contributed by atoms with Crippen molar-refractivity contribution in [3.05, 3.63) is 30.1 Å². The van der Waals surface area contributed by atoms with Gasteiger partial charge in [-0.05, 0) is 12.1 Å². The SMILES string of the molecule is CNc1snnc1CSc1nnc2ccccn12. The topological polar surface area (TPSA) is 68.0 Å². The van der Waals surface area contributed by atoms with Crippen LogP contribution < -0.4 is 5.32 Å². The molecule has 3 aromatic rings. The number of pyridine rings is 1. The van der Waals surface area contributed by atoms with Gasteiger partial charge in [0, 0.05) is 30.5 Å². The van der Waals surface area contributed by atoms with Crippen LogP contribution in [-0.2, 0) is 5.75 Å². The highest BCUT2D eigenvalue weighted by atomic mass is 32.2. The summed E-state index contributed by atoms with van der Waals surface area (Å²) in [4.78, 5) is 0. The van der Waals surface area contributed by atoms with E-state index in [9.17, 15) is 0 Å². The van der Waals surface area contributed by atoms with Crippen molar-refractivity contribution < 1.29 is 0 Å². The lowest BCUT2D eigenvalue weighted by Crippen LogP contribution is -1.92. The first-order chi connectivity index (χ1) is 8.88. The zero-order chi connectivity index (χ0) is 12.4. The Morgan fingerprint density at radius 3 is 3.17 bits per heavy atom. The largest absolute Gasteiger partial charge is 0.377 e. The lowest BCUT2D eigenvalue weighted by molar-refractivity contribution is 0.919. The van der Waals surface area contributed by atoms with Crippen LogP contribution in [0.25, 0.3) is 5.65 Å². The van der Waals surface area contributed by atoms with Crippen LogP contribution in [0.5, 0.6) is 0 Å². The Morgan fingerprint density at radius 2 is 2.28 bits per heavy atom. The van der Waals surface area contributed by atoms with E-state index in [1.807, 2.05) is 35.8 Å². The number of hydrogen-bond acceptors (Lipinski definition) is 7. The third-order valence-corrected chi connectivity index (χ3v) is 4.14. The van der Waals surface area contributed by atoms with Crippen LogP contribution >= 0.6 is 23.3 Å². The smallest absolute Gasteiger partial charge is 0.195 e. The molecule has 1 N–H and O–H groups in total. The Bertz CT molecular complexity index is 661. The number of aromatic nitrogens is 5. The van der Waals surface area contributed by atoms with Gasteiger partial charge in [0.1, 0.15) is 10.7 Å². The second-order valence-corrected chi connectivity index (χ2v) is 5.20. The standard InChI is InChI=1S/C10H10N6S2/c1-11-9-7(12-15-18-9)6-17-10-14-13-8-4-2-3-5-16(8)10/h2-5,11H,6H2,1H3. The summed E-state index contributed by atoms with van der Waals surface area (Å²) in [5.41, 5.74) is 1.80. The van der Waals surface area contributed by atoms with E-state index in [1.54, 1.807) is 11.8 Å². The van der Waals surface area contributed by atoms with Crippen molar-refractivity contribution in [2.24, 2.45) is 0 Å². The number of rotatable bonds is 4. The number of hydrogen-bond donors (Lipinski definition) is 1. The maximum absolute atomic E-state index is 4.16. The van der Waals surface area contributed by atoms with E-state index in [0.717, 1.165) is 27.3 Å². The van der Waals surface area contributed by atoms with E-state index in [-0.39, 0.29) is 0 Å². The summed E-state index contributed by atoms with van der Waals surface area (Å²) in [6, 6.07) is 5.84. The molecule has 8 heteroatoms. The third-order valence-electron chi connectivity index (χ3n) is 2.40. The van der Waals surface area contributed by atoms with E-state index < -0.39 is 0 Å². The van der Waals surface area contributed by atoms with E-state index in [2.05, 4.69) is 25.1 Å². The highest BCUT2D eigenvalue weighted by Gasteiger charge is 2.10. The van der Waals surface area contributed by atoms with Crippen molar-refractivity contribution in [2.75, 3.05) is 12.4 Å². The van der Waals surface area contributed by atoms with Crippen molar-refractivity contribution in [1.29, 1.82) is 0 Å².